The molecule has 2 nitrogen and oxygen atoms in total. The first-order chi connectivity index (χ1) is 10.1. The van der Waals surface area contributed by atoms with Crippen molar-refractivity contribution >= 4 is 0 Å². The van der Waals surface area contributed by atoms with E-state index in [0.717, 1.165) is 13.2 Å². The SMILES string of the molecule is CCNC(COC1CCCCC1)c1c(C)cc(C)cc1C. The smallest absolute Gasteiger partial charge is 0.0665 e. The fraction of sp³-hybridized carbons (Fsp3) is 0.684. The molecule has 1 fully saturated rings. The summed E-state index contributed by atoms with van der Waals surface area (Å²) in [5.41, 5.74) is 5.53. The van der Waals surface area contributed by atoms with Crippen molar-refractivity contribution in [2.75, 3.05) is 13.2 Å². The lowest BCUT2D eigenvalue weighted by Gasteiger charge is -2.27. The summed E-state index contributed by atoms with van der Waals surface area (Å²) in [5.74, 6) is 0. The Balaban J connectivity index is 2.07. The van der Waals surface area contributed by atoms with Crippen molar-refractivity contribution in [3.63, 3.8) is 0 Å². The summed E-state index contributed by atoms with van der Waals surface area (Å²) >= 11 is 0. The summed E-state index contributed by atoms with van der Waals surface area (Å²) in [5, 5.41) is 3.61. The van der Waals surface area contributed by atoms with Crippen molar-refractivity contribution in [3.8, 4) is 0 Å². The van der Waals surface area contributed by atoms with Crippen LogP contribution in [0.5, 0.6) is 0 Å². The Morgan fingerprint density at radius 3 is 2.29 bits per heavy atom. The van der Waals surface area contributed by atoms with E-state index in [2.05, 4.69) is 45.1 Å². The van der Waals surface area contributed by atoms with E-state index in [1.807, 2.05) is 0 Å². The summed E-state index contributed by atoms with van der Waals surface area (Å²) in [4.78, 5) is 0. The Bertz CT molecular complexity index is 426. The van der Waals surface area contributed by atoms with Gasteiger partial charge in [-0.3, -0.25) is 0 Å². The van der Waals surface area contributed by atoms with Crippen molar-refractivity contribution in [2.45, 2.75) is 71.9 Å². The minimum Gasteiger partial charge on any atom is -0.376 e. The van der Waals surface area contributed by atoms with Crippen LogP contribution in [0.25, 0.3) is 0 Å². The van der Waals surface area contributed by atoms with Gasteiger partial charge in [0, 0.05) is 0 Å². The average Bonchev–Trinajstić information content (AvgIpc) is 2.45. The summed E-state index contributed by atoms with van der Waals surface area (Å²) in [6.07, 6.45) is 7.01. The largest absolute Gasteiger partial charge is 0.376 e. The zero-order valence-electron chi connectivity index (χ0n) is 14.2. The molecule has 1 saturated carbocycles. The van der Waals surface area contributed by atoms with Crippen LogP contribution in [0.15, 0.2) is 12.1 Å². The molecule has 1 unspecified atom stereocenters. The minimum atomic E-state index is 0.317. The molecule has 2 heteroatoms. The van der Waals surface area contributed by atoms with Gasteiger partial charge in [-0.05, 0) is 56.8 Å². The van der Waals surface area contributed by atoms with Gasteiger partial charge in [-0.15, -0.1) is 0 Å². The maximum absolute atomic E-state index is 6.23. The van der Waals surface area contributed by atoms with E-state index >= 15 is 0 Å². The maximum Gasteiger partial charge on any atom is 0.0665 e. The number of benzene rings is 1. The summed E-state index contributed by atoms with van der Waals surface area (Å²) in [6.45, 7) is 10.6. The molecule has 2 rings (SSSR count). The monoisotopic (exact) mass is 289 g/mol. The van der Waals surface area contributed by atoms with Crippen LogP contribution in [0.1, 0.15) is 67.3 Å². The Morgan fingerprint density at radius 2 is 1.71 bits per heavy atom. The molecule has 0 bridgehead atoms. The Kier molecular flexibility index (Phi) is 6.25. The molecule has 21 heavy (non-hydrogen) atoms. The van der Waals surface area contributed by atoms with Gasteiger partial charge in [0.1, 0.15) is 0 Å². The van der Waals surface area contributed by atoms with Gasteiger partial charge in [0.25, 0.3) is 0 Å². The molecule has 0 aliphatic heterocycles. The highest BCUT2D eigenvalue weighted by Crippen LogP contribution is 2.26. The Morgan fingerprint density at radius 1 is 1.10 bits per heavy atom. The Labute approximate surface area is 130 Å². The van der Waals surface area contributed by atoms with Gasteiger partial charge in [-0.1, -0.05) is 43.9 Å². The molecule has 0 heterocycles. The second kappa shape index (κ2) is 7.95. The number of hydrogen-bond acceptors (Lipinski definition) is 2. The van der Waals surface area contributed by atoms with E-state index in [-0.39, 0.29) is 0 Å². The molecule has 1 aliphatic rings. The van der Waals surface area contributed by atoms with E-state index < -0.39 is 0 Å². The van der Waals surface area contributed by atoms with E-state index in [4.69, 9.17) is 4.74 Å². The molecule has 0 amide bonds. The summed E-state index contributed by atoms with van der Waals surface area (Å²) < 4.78 is 6.23. The highest BCUT2D eigenvalue weighted by Gasteiger charge is 2.19. The van der Waals surface area contributed by atoms with Crippen molar-refractivity contribution in [1.82, 2.24) is 5.32 Å². The van der Waals surface area contributed by atoms with Gasteiger partial charge in [0.15, 0.2) is 0 Å². The molecule has 1 N–H and O–H groups in total. The molecule has 0 spiro atoms. The molecule has 1 aliphatic carbocycles. The molecule has 1 aromatic carbocycles. The number of rotatable bonds is 6. The van der Waals surface area contributed by atoms with Gasteiger partial charge >= 0.3 is 0 Å². The van der Waals surface area contributed by atoms with Gasteiger partial charge in [-0.2, -0.15) is 0 Å². The van der Waals surface area contributed by atoms with Crippen LogP contribution in [-0.4, -0.2) is 19.3 Å². The number of aryl methyl sites for hydroxylation is 3. The quantitative estimate of drug-likeness (QED) is 0.825. The second-order valence-electron chi connectivity index (χ2n) is 6.52. The predicted molar refractivity (Wildman–Crippen MR) is 89.9 cm³/mol. The molecular formula is C19H31NO. The molecule has 0 aromatic heterocycles. The highest BCUT2D eigenvalue weighted by molar-refractivity contribution is 5.39. The number of ether oxygens (including phenoxy) is 1. The van der Waals surface area contributed by atoms with E-state index in [9.17, 15) is 0 Å². The van der Waals surface area contributed by atoms with Crippen LogP contribution < -0.4 is 5.32 Å². The van der Waals surface area contributed by atoms with E-state index in [1.54, 1.807) is 0 Å². The van der Waals surface area contributed by atoms with Crippen molar-refractivity contribution < 1.29 is 4.74 Å². The molecule has 0 radical (unpaired) electrons. The van der Waals surface area contributed by atoms with Crippen LogP contribution >= 0.6 is 0 Å². The third-order valence-corrected chi connectivity index (χ3v) is 4.59. The van der Waals surface area contributed by atoms with E-state index in [1.165, 1.54) is 54.4 Å². The lowest BCUT2D eigenvalue weighted by Crippen LogP contribution is -2.29. The fourth-order valence-electron chi connectivity index (χ4n) is 3.70. The van der Waals surface area contributed by atoms with Crippen LogP contribution in [0.3, 0.4) is 0 Å². The fourth-order valence-corrected chi connectivity index (χ4v) is 3.70. The summed E-state index contributed by atoms with van der Waals surface area (Å²) in [7, 11) is 0. The zero-order valence-corrected chi connectivity index (χ0v) is 14.2. The van der Waals surface area contributed by atoms with Gasteiger partial charge in [-0.25, -0.2) is 0 Å². The van der Waals surface area contributed by atoms with Gasteiger partial charge in [0.2, 0.25) is 0 Å². The topological polar surface area (TPSA) is 21.3 Å². The first-order valence-electron chi connectivity index (χ1n) is 8.54. The first-order valence-corrected chi connectivity index (χ1v) is 8.54. The maximum atomic E-state index is 6.23. The van der Waals surface area contributed by atoms with Crippen molar-refractivity contribution in [2.24, 2.45) is 0 Å². The number of nitrogens with one attached hydrogen (secondary N) is 1. The predicted octanol–water partition coefficient (Wildman–Crippen LogP) is 4.61. The molecule has 1 aromatic rings. The summed E-state index contributed by atoms with van der Waals surface area (Å²) in [6, 6.07) is 4.89. The van der Waals surface area contributed by atoms with Crippen LogP contribution in [-0.2, 0) is 4.74 Å². The first kappa shape index (κ1) is 16.5. The normalized spacial score (nSPS) is 17.9. The van der Waals surface area contributed by atoms with Gasteiger partial charge in [0.05, 0.1) is 18.8 Å². The molecule has 0 saturated heterocycles. The van der Waals surface area contributed by atoms with Crippen molar-refractivity contribution in [3.05, 3.63) is 34.4 Å². The van der Waals surface area contributed by atoms with Crippen molar-refractivity contribution in [1.29, 1.82) is 0 Å². The van der Waals surface area contributed by atoms with Crippen LogP contribution in [0.2, 0.25) is 0 Å². The minimum absolute atomic E-state index is 0.317. The lowest BCUT2D eigenvalue weighted by atomic mass is 9.94. The van der Waals surface area contributed by atoms with Gasteiger partial charge < -0.3 is 10.1 Å². The van der Waals surface area contributed by atoms with Crippen LogP contribution in [0.4, 0.5) is 0 Å². The molecule has 1 atom stereocenters. The lowest BCUT2D eigenvalue weighted by molar-refractivity contribution is 0.0156. The van der Waals surface area contributed by atoms with E-state index in [0.29, 0.717) is 12.1 Å². The molecular weight excluding hydrogens is 258 g/mol. The third kappa shape index (κ3) is 4.55. The molecule has 118 valence electrons. The third-order valence-electron chi connectivity index (χ3n) is 4.59. The second-order valence-corrected chi connectivity index (χ2v) is 6.52. The zero-order chi connectivity index (χ0) is 15.2. The highest BCUT2D eigenvalue weighted by atomic mass is 16.5. The Hall–Kier alpha value is -0.860. The number of likely N-dealkylation sites (N-methyl/N-ethyl adjacent to an activating group) is 1. The number of hydrogen-bond donors (Lipinski definition) is 1. The average molecular weight is 289 g/mol. The van der Waals surface area contributed by atoms with Crippen LogP contribution in [0, 0.1) is 20.8 Å². The standard InChI is InChI=1S/C19H31NO/c1-5-20-18(13-21-17-9-7-6-8-10-17)19-15(3)11-14(2)12-16(19)4/h11-12,17-18,20H,5-10,13H2,1-4H3.